The SMILES string of the molecule is O=C(O)[C@H](CO)NC(=O)N1CCN(C2CC2)CC1. The third-order valence-electron chi connectivity index (χ3n) is 3.44. The van der Waals surface area contributed by atoms with Crippen LogP contribution in [0.15, 0.2) is 0 Å². The molecule has 1 saturated heterocycles. The Hall–Kier alpha value is -1.34. The number of carbonyl (C=O) groups is 2. The van der Waals surface area contributed by atoms with Crippen LogP contribution in [0.5, 0.6) is 0 Å². The van der Waals surface area contributed by atoms with Gasteiger partial charge in [0, 0.05) is 32.2 Å². The number of carboxylic acids is 1. The lowest BCUT2D eigenvalue weighted by atomic mass is 10.3. The van der Waals surface area contributed by atoms with Crippen LogP contribution >= 0.6 is 0 Å². The Kier molecular flexibility index (Phi) is 4.03. The number of aliphatic carboxylic acids is 1. The number of aliphatic hydroxyl groups is 1. The van der Waals surface area contributed by atoms with Crippen LogP contribution in [0, 0.1) is 0 Å². The fraction of sp³-hybridized carbons (Fsp3) is 0.818. The first kappa shape index (κ1) is 13.1. The minimum Gasteiger partial charge on any atom is -0.480 e. The van der Waals surface area contributed by atoms with E-state index in [1.54, 1.807) is 4.90 Å². The van der Waals surface area contributed by atoms with Crippen molar-refractivity contribution in [3.63, 3.8) is 0 Å². The van der Waals surface area contributed by atoms with E-state index in [9.17, 15) is 9.59 Å². The average molecular weight is 257 g/mol. The van der Waals surface area contributed by atoms with Crippen LogP contribution < -0.4 is 5.32 Å². The van der Waals surface area contributed by atoms with Crippen LogP contribution in [0.3, 0.4) is 0 Å². The molecule has 0 unspecified atom stereocenters. The largest absolute Gasteiger partial charge is 0.480 e. The van der Waals surface area contributed by atoms with Gasteiger partial charge in [0.2, 0.25) is 0 Å². The lowest BCUT2D eigenvalue weighted by molar-refractivity contribution is -0.140. The summed E-state index contributed by atoms with van der Waals surface area (Å²) >= 11 is 0. The summed E-state index contributed by atoms with van der Waals surface area (Å²) in [6, 6.07) is -0.940. The second-order valence-electron chi connectivity index (χ2n) is 4.78. The van der Waals surface area contributed by atoms with E-state index in [1.807, 2.05) is 0 Å². The van der Waals surface area contributed by atoms with Crippen LogP contribution in [0.1, 0.15) is 12.8 Å². The summed E-state index contributed by atoms with van der Waals surface area (Å²) in [4.78, 5) is 26.5. The molecular formula is C11H19N3O4. The number of carboxylic acid groups (broad SMARTS) is 1. The van der Waals surface area contributed by atoms with Gasteiger partial charge >= 0.3 is 12.0 Å². The zero-order valence-corrected chi connectivity index (χ0v) is 10.2. The Morgan fingerprint density at radius 3 is 2.28 bits per heavy atom. The van der Waals surface area contributed by atoms with Gasteiger partial charge < -0.3 is 20.4 Å². The topological polar surface area (TPSA) is 93.1 Å². The molecule has 1 aliphatic carbocycles. The maximum absolute atomic E-state index is 11.8. The van der Waals surface area contributed by atoms with Crippen LogP contribution in [-0.4, -0.2) is 76.9 Å². The van der Waals surface area contributed by atoms with Crippen LogP contribution in [0.2, 0.25) is 0 Å². The summed E-state index contributed by atoms with van der Waals surface area (Å²) in [5.74, 6) is -1.22. The van der Waals surface area contributed by atoms with E-state index in [0.29, 0.717) is 19.1 Å². The van der Waals surface area contributed by atoms with Crippen molar-refractivity contribution in [2.75, 3.05) is 32.8 Å². The highest BCUT2D eigenvalue weighted by Crippen LogP contribution is 2.27. The predicted octanol–water partition coefficient (Wildman–Crippen LogP) is -1.08. The van der Waals surface area contributed by atoms with Crippen molar-refractivity contribution in [2.24, 2.45) is 0 Å². The lowest BCUT2D eigenvalue weighted by Gasteiger charge is -2.35. The zero-order chi connectivity index (χ0) is 13.1. The van der Waals surface area contributed by atoms with Crippen LogP contribution in [0.25, 0.3) is 0 Å². The summed E-state index contributed by atoms with van der Waals surface area (Å²) in [6.45, 7) is 2.31. The zero-order valence-electron chi connectivity index (χ0n) is 10.2. The molecule has 1 saturated carbocycles. The van der Waals surface area contributed by atoms with Crippen molar-refractivity contribution in [2.45, 2.75) is 24.9 Å². The minimum absolute atomic E-state index is 0.410. The molecule has 0 aromatic rings. The van der Waals surface area contributed by atoms with E-state index in [0.717, 1.165) is 13.1 Å². The maximum atomic E-state index is 11.8. The number of aliphatic hydroxyl groups excluding tert-OH is 1. The van der Waals surface area contributed by atoms with E-state index >= 15 is 0 Å². The number of hydrogen-bond donors (Lipinski definition) is 3. The van der Waals surface area contributed by atoms with Gasteiger partial charge in [-0.25, -0.2) is 9.59 Å². The molecule has 7 nitrogen and oxygen atoms in total. The van der Waals surface area contributed by atoms with Crippen LogP contribution in [0.4, 0.5) is 4.79 Å². The molecule has 2 rings (SSSR count). The smallest absolute Gasteiger partial charge is 0.328 e. The molecule has 0 aromatic heterocycles. The highest BCUT2D eigenvalue weighted by Gasteiger charge is 2.32. The quantitative estimate of drug-likeness (QED) is 0.596. The first-order chi connectivity index (χ1) is 8.61. The van der Waals surface area contributed by atoms with Gasteiger partial charge in [-0.3, -0.25) is 4.90 Å². The summed E-state index contributed by atoms with van der Waals surface area (Å²) < 4.78 is 0. The Balaban J connectivity index is 1.77. The number of nitrogens with one attached hydrogen (secondary N) is 1. The molecule has 7 heteroatoms. The van der Waals surface area contributed by atoms with Gasteiger partial charge in [-0.1, -0.05) is 0 Å². The van der Waals surface area contributed by atoms with Gasteiger partial charge in [0.25, 0.3) is 0 Å². The van der Waals surface area contributed by atoms with E-state index < -0.39 is 24.6 Å². The normalized spacial score (nSPS) is 22.6. The second-order valence-corrected chi connectivity index (χ2v) is 4.78. The number of urea groups is 1. The number of piperazine rings is 1. The number of nitrogens with zero attached hydrogens (tertiary/aromatic N) is 2. The van der Waals surface area contributed by atoms with Gasteiger partial charge in [0.05, 0.1) is 6.61 Å². The Morgan fingerprint density at radius 2 is 1.83 bits per heavy atom. The van der Waals surface area contributed by atoms with Gasteiger partial charge in [-0.15, -0.1) is 0 Å². The first-order valence-electron chi connectivity index (χ1n) is 6.25. The molecule has 1 aliphatic heterocycles. The molecular weight excluding hydrogens is 238 g/mol. The predicted molar refractivity (Wildman–Crippen MR) is 63.2 cm³/mol. The van der Waals surface area contributed by atoms with Crippen molar-refractivity contribution in [3.8, 4) is 0 Å². The number of rotatable bonds is 4. The lowest BCUT2D eigenvalue weighted by Crippen LogP contribution is -2.55. The number of hydrogen-bond acceptors (Lipinski definition) is 4. The van der Waals surface area contributed by atoms with E-state index in [2.05, 4.69) is 10.2 Å². The summed E-state index contributed by atoms with van der Waals surface area (Å²) in [5, 5.41) is 19.9. The van der Waals surface area contributed by atoms with E-state index in [1.165, 1.54) is 12.8 Å². The van der Waals surface area contributed by atoms with Gasteiger partial charge in [0.15, 0.2) is 6.04 Å². The third-order valence-corrected chi connectivity index (χ3v) is 3.44. The van der Waals surface area contributed by atoms with Crippen molar-refractivity contribution in [3.05, 3.63) is 0 Å². The number of carbonyl (C=O) groups excluding carboxylic acids is 1. The number of amides is 2. The van der Waals surface area contributed by atoms with Crippen molar-refractivity contribution in [1.82, 2.24) is 15.1 Å². The molecule has 2 amide bonds. The van der Waals surface area contributed by atoms with Gasteiger partial charge in [-0.05, 0) is 12.8 Å². The monoisotopic (exact) mass is 257 g/mol. The van der Waals surface area contributed by atoms with E-state index in [4.69, 9.17) is 10.2 Å². The Morgan fingerprint density at radius 1 is 1.22 bits per heavy atom. The fourth-order valence-corrected chi connectivity index (χ4v) is 2.16. The molecule has 2 fully saturated rings. The summed E-state index contributed by atoms with van der Waals surface area (Å²) in [7, 11) is 0. The highest BCUT2D eigenvalue weighted by molar-refractivity contribution is 5.82. The highest BCUT2D eigenvalue weighted by atomic mass is 16.4. The molecule has 0 spiro atoms. The van der Waals surface area contributed by atoms with Crippen LogP contribution in [-0.2, 0) is 4.79 Å². The third kappa shape index (κ3) is 3.11. The van der Waals surface area contributed by atoms with Crippen molar-refractivity contribution >= 4 is 12.0 Å². The molecule has 0 radical (unpaired) electrons. The molecule has 3 N–H and O–H groups in total. The summed E-state index contributed by atoms with van der Waals surface area (Å²) in [6.07, 6.45) is 2.50. The van der Waals surface area contributed by atoms with Crippen molar-refractivity contribution in [1.29, 1.82) is 0 Å². The van der Waals surface area contributed by atoms with Gasteiger partial charge in [0.1, 0.15) is 0 Å². The molecule has 18 heavy (non-hydrogen) atoms. The molecule has 2 aliphatic rings. The molecule has 0 aromatic carbocycles. The maximum Gasteiger partial charge on any atom is 0.328 e. The molecule has 102 valence electrons. The second kappa shape index (κ2) is 5.53. The molecule has 1 atom stereocenters. The first-order valence-corrected chi connectivity index (χ1v) is 6.25. The minimum atomic E-state index is -1.22. The van der Waals surface area contributed by atoms with E-state index in [-0.39, 0.29) is 0 Å². The molecule has 1 heterocycles. The Bertz CT molecular complexity index is 324. The summed E-state index contributed by atoms with van der Waals surface area (Å²) in [5.41, 5.74) is 0. The standard InChI is InChI=1S/C11H19N3O4/c15-7-9(10(16)17)12-11(18)14-5-3-13(4-6-14)8-1-2-8/h8-9,15H,1-7H2,(H,12,18)(H,16,17)/t9-/m0/s1. The fourth-order valence-electron chi connectivity index (χ4n) is 2.16. The average Bonchev–Trinajstić information content (AvgIpc) is 3.19. The van der Waals surface area contributed by atoms with Crippen molar-refractivity contribution < 1.29 is 19.8 Å². The Labute approximate surface area is 105 Å². The van der Waals surface area contributed by atoms with Gasteiger partial charge in [-0.2, -0.15) is 0 Å². The molecule has 0 bridgehead atoms.